The van der Waals surface area contributed by atoms with Crippen LogP contribution >= 0.6 is 11.3 Å². The van der Waals surface area contributed by atoms with E-state index in [9.17, 15) is 23.1 Å². The highest BCUT2D eigenvalue weighted by molar-refractivity contribution is 7.18. The summed E-state index contributed by atoms with van der Waals surface area (Å²) in [5.74, 6) is -0.894. The maximum absolute atomic E-state index is 13.7. The SMILES string of the molecule is O=C(C[C@@](O)(c1nc2ccccc2s1)C(F)(F)F)NCCCn1cnc2ccccc21. The average molecular weight is 448 g/mol. The van der Waals surface area contributed by atoms with Gasteiger partial charge < -0.3 is 15.0 Å². The third-order valence-corrected chi connectivity index (χ3v) is 6.15. The van der Waals surface area contributed by atoms with Gasteiger partial charge in [-0.15, -0.1) is 11.3 Å². The summed E-state index contributed by atoms with van der Waals surface area (Å²) < 4.78 is 43.6. The van der Waals surface area contributed by atoms with Crippen LogP contribution in [0.5, 0.6) is 0 Å². The number of nitrogens with one attached hydrogen (secondary N) is 1. The van der Waals surface area contributed by atoms with Crippen molar-refractivity contribution in [2.75, 3.05) is 6.54 Å². The topological polar surface area (TPSA) is 80.0 Å². The molecule has 0 aliphatic rings. The Hall–Kier alpha value is -2.98. The van der Waals surface area contributed by atoms with Crippen molar-refractivity contribution in [3.8, 4) is 0 Å². The van der Waals surface area contributed by atoms with Crippen LogP contribution in [-0.4, -0.2) is 38.3 Å². The molecule has 1 atom stereocenters. The van der Waals surface area contributed by atoms with Crippen molar-refractivity contribution in [2.45, 2.75) is 31.2 Å². The quantitative estimate of drug-likeness (QED) is 0.419. The second kappa shape index (κ2) is 8.27. The Bertz CT molecular complexity index is 1190. The second-order valence-electron chi connectivity index (χ2n) is 7.15. The van der Waals surface area contributed by atoms with Crippen molar-refractivity contribution in [3.63, 3.8) is 0 Å². The summed E-state index contributed by atoms with van der Waals surface area (Å²) in [6.45, 7) is 0.710. The molecule has 162 valence electrons. The number of nitrogens with zero attached hydrogens (tertiary/aromatic N) is 3. The molecular formula is C21H19F3N4O2S. The Morgan fingerprint density at radius 3 is 2.55 bits per heavy atom. The van der Waals surface area contributed by atoms with Crippen molar-refractivity contribution >= 4 is 38.5 Å². The van der Waals surface area contributed by atoms with Gasteiger partial charge in [0.05, 0.1) is 34.0 Å². The number of imidazole rings is 1. The van der Waals surface area contributed by atoms with Crippen LogP contribution < -0.4 is 5.32 Å². The van der Waals surface area contributed by atoms with Gasteiger partial charge in [-0.2, -0.15) is 13.2 Å². The minimum Gasteiger partial charge on any atom is -0.374 e. The standard InChI is InChI=1S/C21H19F3N4O2S/c22-21(23,24)20(30,19-27-15-7-2-4-9-17(15)31-19)12-18(29)25-10-5-11-28-13-26-14-6-1-3-8-16(14)28/h1-4,6-9,13,30H,5,10-12H2,(H,25,29)/t20-/m1/s1. The van der Waals surface area contributed by atoms with Gasteiger partial charge in [-0.3, -0.25) is 4.79 Å². The fourth-order valence-corrected chi connectivity index (χ4v) is 4.38. The van der Waals surface area contributed by atoms with Crippen molar-refractivity contribution < 1.29 is 23.1 Å². The molecule has 31 heavy (non-hydrogen) atoms. The number of amides is 1. The zero-order valence-corrected chi connectivity index (χ0v) is 17.1. The predicted octanol–water partition coefficient (Wildman–Crippen LogP) is 3.99. The first-order chi connectivity index (χ1) is 14.8. The number of hydrogen-bond donors (Lipinski definition) is 2. The molecule has 2 N–H and O–H groups in total. The van der Waals surface area contributed by atoms with E-state index in [1.54, 1.807) is 30.6 Å². The Balaban J connectivity index is 1.40. The predicted molar refractivity (Wildman–Crippen MR) is 112 cm³/mol. The number of thiazole rings is 1. The van der Waals surface area contributed by atoms with Crippen LogP contribution in [0.2, 0.25) is 0 Å². The number of rotatable bonds is 7. The van der Waals surface area contributed by atoms with Gasteiger partial charge in [0.2, 0.25) is 11.5 Å². The van der Waals surface area contributed by atoms with E-state index in [1.807, 2.05) is 28.8 Å². The lowest BCUT2D eigenvalue weighted by Crippen LogP contribution is -2.46. The van der Waals surface area contributed by atoms with Crippen LogP contribution in [0.3, 0.4) is 0 Å². The molecule has 0 spiro atoms. The number of fused-ring (bicyclic) bond motifs is 2. The highest BCUT2D eigenvalue weighted by atomic mass is 32.1. The molecule has 0 aliphatic heterocycles. The molecule has 1 amide bonds. The number of carbonyl (C=O) groups is 1. The molecule has 2 aromatic carbocycles. The number of halogens is 3. The van der Waals surface area contributed by atoms with E-state index in [1.165, 1.54) is 0 Å². The van der Waals surface area contributed by atoms with Crippen LogP contribution in [0.25, 0.3) is 21.3 Å². The van der Waals surface area contributed by atoms with Gasteiger partial charge in [0, 0.05) is 13.1 Å². The Morgan fingerprint density at radius 1 is 1.10 bits per heavy atom. The first-order valence-electron chi connectivity index (χ1n) is 9.60. The smallest absolute Gasteiger partial charge is 0.374 e. The normalized spacial score (nSPS) is 14.1. The van der Waals surface area contributed by atoms with Gasteiger partial charge in [0.25, 0.3) is 0 Å². The van der Waals surface area contributed by atoms with Gasteiger partial charge in [-0.1, -0.05) is 24.3 Å². The molecule has 0 saturated heterocycles. The molecule has 2 aromatic heterocycles. The lowest BCUT2D eigenvalue weighted by Gasteiger charge is -2.27. The third-order valence-electron chi connectivity index (χ3n) is 4.96. The van der Waals surface area contributed by atoms with E-state index >= 15 is 0 Å². The number of carbonyl (C=O) groups excluding carboxylic acids is 1. The highest BCUT2D eigenvalue weighted by Crippen LogP contribution is 2.44. The molecule has 0 bridgehead atoms. The fraction of sp³-hybridized carbons (Fsp3) is 0.286. The van der Waals surface area contributed by atoms with Gasteiger partial charge >= 0.3 is 6.18 Å². The Labute approximate surface area is 179 Å². The summed E-state index contributed by atoms with van der Waals surface area (Å²) in [4.78, 5) is 20.4. The first-order valence-corrected chi connectivity index (χ1v) is 10.4. The number of aryl methyl sites for hydroxylation is 1. The summed E-state index contributed by atoms with van der Waals surface area (Å²) in [5.41, 5.74) is -1.21. The molecule has 0 saturated carbocycles. The van der Waals surface area contributed by atoms with Gasteiger partial charge in [-0.25, -0.2) is 9.97 Å². The maximum atomic E-state index is 13.7. The average Bonchev–Trinajstić information content (AvgIpc) is 3.35. The summed E-state index contributed by atoms with van der Waals surface area (Å²) in [6.07, 6.45) is -4.02. The maximum Gasteiger partial charge on any atom is 0.424 e. The summed E-state index contributed by atoms with van der Waals surface area (Å²) in [5, 5.41) is 12.4. The van der Waals surface area contributed by atoms with E-state index in [2.05, 4.69) is 15.3 Å². The summed E-state index contributed by atoms with van der Waals surface area (Å²) in [7, 11) is 0. The number of alkyl halides is 3. The molecule has 0 fully saturated rings. The van der Waals surface area contributed by atoms with Crippen LogP contribution in [-0.2, 0) is 16.9 Å². The van der Waals surface area contributed by atoms with Crippen LogP contribution in [0, 0.1) is 0 Å². The van der Waals surface area contributed by atoms with Crippen molar-refractivity contribution in [3.05, 3.63) is 59.9 Å². The first kappa shape index (κ1) is 21.3. The zero-order valence-electron chi connectivity index (χ0n) is 16.3. The largest absolute Gasteiger partial charge is 0.424 e. The lowest BCUT2D eigenvalue weighted by atomic mass is 9.99. The van der Waals surface area contributed by atoms with Crippen LogP contribution in [0.1, 0.15) is 17.8 Å². The van der Waals surface area contributed by atoms with Crippen molar-refractivity contribution in [2.24, 2.45) is 0 Å². The van der Waals surface area contributed by atoms with E-state index < -0.39 is 29.1 Å². The molecule has 0 aliphatic carbocycles. The monoisotopic (exact) mass is 448 g/mol. The van der Waals surface area contributed by atoms with E-state index in [0.717, 1.165) is 22.4 Å². The number of aromatic nitrogens is 3. The Kier molecular flexibility index (Phi) is 5.67. The second-order valence-corrected chi connectivity index (χ2v) is 8.18. The van der Waals surface area contributed by atoms with Crippen molar-refractivity contribution in [1.82, 2.24) is 19.9 Å². The van der Waals surface area contributed by atoms with E-state index in [-0.39, 0.29) is 6.54 Å². The van der Waals surface area contributed by atoms with Gasteiger partial charge in [-0.05, 0) is 30.7 Å². The molecule has 10 heteroatoms. The zero-order chi connectivity index (χ0) is 22.1. The van der Waals surface area contributed by atoms with Crippen molar-refractivity contribution in [1.29, 1.82) is 0 Å². The molecule has 0 unspecified atom stereocenters. The number of benzene rings is 2. The molecule has 4 aromatic rings. The highest BCUT2D eigenvalue weighted by Gasteiger charge is 2.58. The number of aliphatic hydroxyl groups is 1. The number of hydrogen-bond acceptors (Lipinski definition) is 5. The molecular weight excluding hydrogens is 429 g/mol. The van der Waals surface area contributed by atoms with Crippen LogP contribution in [0.15, 0.2) is 54.9 Å². The van der Waals surface area contributed by atoms with E-state index in [4.69, 9.17) is 0 Å². The summed E-state index contributed by atoms with van der Waals surface area (Å²) >= 11 is 0.729. The van der Waals surface area contributed by atoms with Crippen LogP contribution in [0.4, 0.5) is 13.2 Å². The minimum absolute atomic E-state index is 0.166. The van der Waals surface area contributed by atoms with Gasteiger partial charge in [0.15, 0.2) is 0 Å². The van der Waals surface area contributed by atoms with E-state index in [0.29, 0.717) is 23.2 Å². The lowest BCUT2D eigenvalue weighted by molar-refractivity contribution is -0.267. The molecule has 6 nitrogen and oxygen atoms in total. The number of para-hydroxylation sites is 3. The Morgan fingerprint density at radius 2 is 1.81 bits per heavy atom. The molecule has 4 rings (SSSR count). The van der Waals surface area contributed by atoms with Gasteiger partial charge in [0.1, 0.15) is 5.01 Å². The fourth-order valence-electron chi connectivity index (χ4n) is 3.31. The summed E-state index contributed by atoms with van der Waals surface area (Å²) in [6, 6.07) is 14.1. The minimum atomic E-state index is -5.05. The molecule has 0 radical (unpaired) electrons. The third kappa shape index (κ3) is 4.26. The molecule has 2 heterocycles.